The van der Waals surface area contributed by atoms with E-state index in [2.05, 4.69) is 15.6 Å². The average molecular weight is 281 g/mol. The van der Waals surface area contributed by atoms with Gasteiger partial charge in [-0.15, -0.1) is 5.10 Å². The summed E-state index contributed by atoms with van der Waals surface area (Å²) in [5.41, 5.74) is 1.56. The van der Waals surface area contributed by atoms with E-state index in [9.17, 15) is 4.39 Å². The lowest BCUT2D eigenvalue weighted by molar-refractivity contribution is 0.627. The van der Waals surface area contributed by atoms with Crippen molar-refractivity contribution >= 4 is 11.6 Å². The Morgan fingerprint density at radius 2 is 2.26 bits per heavy atom. The summed E-state index contributed by atoms with van der Waals surface area (Å²) >= 11 is 5.75. The van der Waals surface area contributed by atoms with Crippen LogP contribution in [0.1, 0.15) is 18.5 Å². The van der Waals surface area contributed by atoms with Crippen LogP contribution in [0.4, 0.5) is 4.39 Å². The predicted octanol–water partition coefficient (Wildman–Crippen LogP) is 2.56. The molecule has 0 bridgehead atoms. The van der Waals surface area contributed by atoms with Crippen LogP contribution in [0.2, 0.25) is 5.02 Å². The SMILES string of the molecule is Fc1ccc(-n2cc(CNCC3CC3)nn2)cc1Cl. The molecular weight excluding hydrogens is 267 g/mol. The fraction of sp³-hybridized carbons (Fsp3) is 0.385. The molecule has 1 N–H and O–H groups in total. The molecule has 0 atom stereocenters. The van der Waals surface area contributed by atoms with E-state index in [1.807, 2.05) is 6.20 Å². The van der Waals surface area contributed by atoms with Gasteiger partial charge in [0, 0.05) is 6.54 Å². The van der Waals surface area contributed by atoms with Crippen molar-refractivity contribution in [1.82, 2.24) is 20.3 Å². The summed E-state index contributed by atoms with van der Waals surface area (Å²) in [6.07, 6.45) is 4.48. The van der Waals surface area contributed by atoms with Crippen LogP contribution in [0.5, 0.6) is 0 Å². The fourth-order valence-electron chi connectivity index (χ4n) is 1.86. The van der Waals surface area contributed by atoms with E-state index < -0.39 is 5.82 Å². The van der Waals surface area contributed by atoms with Crippen LogP contribution in [0, 0.1) is 11.7 Å². The van der Waals surface area contributed by atoms with E-state index in [-0.39, 0.29) is 5.02 Å². The first-order chi connectivity index (χ1) is 9.22. The largest absolute Gasteiger partial charge is 0.311 e. The lowest BCUT2D eigenvalue weighted by atomic mass is 10.3. The molecule has 19 heavy (non-hydrogen) atoms. The second-order valence-electron chi connectivity index (χ2n) is 4.83. The third-order valence-electron chi connectivity index (χ3n) is 3.14. The number of nitrogens with zero attached hydrogens (tertiary/aromatic N) is 3. The molecule has 0 aliphatic heterocycles. The van der Waals surface area contributed by atoms with Crippen LogP contribution < -0.4 is 5.32 Å². The number of halogens is 2. The van der Waals surface area contributed by atoms with Crippen LogP contribution in [-0.2, 0) is 6.54 Å². The van der Waals surface area contributed by atoms with E-state index in [0.29, 0.717) is 12.2 Å². The van der Waals surface area contributed by atoms with Gasteiger partial charge in [-0.25, -0.2) is 9.07 Å². The smallest absolute Gasteiger partial charge is 0.141 e. The first-order valence-electron chi connectivity index (χ1n) is 6.30. The Balaban J connectivity index is 1.67. The molecule has 4 nitrogen and oxygen atoms in total. The number of hydrogen-bond donors (Lipinski definition) is 1. The number of nitrogens with one attached hydrogen (secondary N) is 1. The zero-order valence-electron chi connectivity index (χ0n) is 10.3. The fourth-order valence-corrected chi connectivity index (χ4v) is 2.03. The monoisotopic (exact) mass is 280 g/mol. The lowest BCUT2D eigenvalue weighted by Crippen LogP contribution is -2.16. The van der Waals surface area contributed by atoms with Crippen LogP contribution in [0.15, 0.2) is 24.4 Å². The molecule has 0 spiro atoms. The minimum absolute atomic E-state index is 0.0846. The maximum atomic E-state index is 13.1. The van der Waals surface area contributed by atoms with Gasteiger partial charge in [0.2, 0.25) is 0 Å². The zero-order chi connectivity index (χ0) is 13.2. The molecule has 1 aliphatic rings. The van der Waals surface area contributed by atoms with Crippen LogP contribution in [0.25, 0.3) is 5.69 Å². The molecule has 0 amide bonds. The van der Waals surface area contributed by atoms with Gasteiger partial charge in [-0.2, -0.15) is 0 Å². The quantitative estimate of drug-likeness (QED) is 0.915. The molecule has 0 radical (unpaired) electrons. The van der Waals surface area contributed by atoms with Gasteiger partial charge >= 0.3 is 0 Å². The topological polar surface area (TPSA) is 42.7 Å². The molecule has 100 valence electrons. The molecular formula is C13H14ClFN4. The summed E-state index contributed by atoms with van der Waals surface area (Å²) < 4.78 is 14.7. The number of benzene rings is 1. The van der Waals surface area contributed by atoms with Crippen LogP contribution in [-0.4, -0.2) is 21.5 Å². The third-order valence-corrected chi connectivity index (χ3v) is 3.43. The normalized spacial score (nSPS) is 14.8. The molecule has 1 aromatic heterocycles. The molecule has 6 heteroatoms. The Labute approximate surface area is 115 Å². The Morgan fingerprint density at radius 1 is 1.42 bits per heavy atom. The first kappa shape index (κ1) is 12.6. The second kappa shape index (κ2) is 5.27. The van der Waals surface area contributed by atoms with Crippen molar-refractivity contribution in [2.45, 2.75) is 19.4 Å². The van der Waals surface area contributed by atoms with Crippen molar-refractivity contribution in [1.29, 1.82) is 0 Å². The van der Waals surface area contributed by atoms with Crippen LogP contribution >= 0.6 is 11.6 Å². The Hall–Kier alpha value is -1.46. The second-order valence-corrected chi connectivity index (χ2v) is 5.23. The van der Waals surface area contributed by atoms with E-state index in [4.69, 9.17) is 11.6 Å². The van der Waals surface area contributed by atoms with Crippen molar-refractivity contribution in [3.05, 3.63) is 40.9 Å². The summed E-state index contributed by atoms with van der Waals surface area (Å²) in [5, 5.41) is 11.5. The molecule has 1 saturated carbocycles. The molecule has 3 rings (SSSR count). The minimum Gasteiger partial charge on any atom is -0.311 e. The Bertz CT molecular complexity index is 580. The highest BCUT2D eigenvalue weighted by Crippen LogP contribution is 2.27. The summed E-state index contributed by atoms with van der Waals surface area (Å²) in [7, 11) is 0. The number of aromatic nitrogens is 3. The number of rotatable bonds is 5. The van der Waals surface area contributed by atoms with Gasteiger partial charge in [0.05, 0.1) is 22.6 Å². The lowest BCUT2D eigenvalue weighted by Gasteiger charge is -2.01. The van der Waals surface area contributed by atoms with Crippen molar-refractivity contribution in [2.24, 2.45) is 5.92 Å². The highest BCUT2D eigenvalue weighted by Gasteiger charge is 2.20. The third kappa shape index (κ3) is 3.11. The Morgan fingerprint density at radius 3 is 3.00 bits per heavy atom. The highest BCUT2D eigenvalue weighted by atomic mass is 35.5. The van der Waals surface area contributed by atoms with Gasteiger partial charge in [0.15, 0.2) is 0 Å². The molecule has 1 aliphatic carbocycles. The average Bonchev–Trinajstić information content (AvgIpc) is 3.10. The van der Waals surface area contributed by atoms with E-state index in [0.717, 1.165) is 18.2 Å². The van der Waals surface area contributed by atoms with Crippen molar-refractivity contribution in [3.8, 4) is 5.69 Å². The Kier molecular flexibility index (Phi) is 3.48. The van der Waals surface area contributed by atoms with Crippen molar-refractivity contribution in [2.75, 3.05) is 6.54 Å². The van der Waals surface area contributed by atoms with Crippen molar-refractivity contribution < 1.29 is 4.39 Å². The number of hydrogen-bond acceptors (Lipinski definition) is 3. The molecule has 1 aromatic carbocycles. The molecule has 1 heterocycles. The van der Waals surface area contributed by atoms with E-state index in [1.54, 1.807) is 10.7 Å². The highest BCUT2D eigenvalue weighted by molar-refractivity contribution is 6.30. The summed E-state index contributed by atoms with van der Waals surface area (Å²) in [5.74, 6) is 0.405. The maximum absolute atomic E-state index is 13.1. The standard InChI is InChI=1S/C13H14ClFN4/c14-12-5-11(3-4-13(12)15)19-8-10(17-18-19)7-16-6-9-1-2-9/h3-5,8-9,16H,1-2,6-7H2. The summed E-state index contributed by atoms with van der Waals surface area (Å²) in [6, 6.07) is 4.48. The molecule has 0 saturated heterocycles. The van der Waals surface area contributed by atoms with Gasteiger partial charge in [0.1, 0.15) is 5.82 Å². The summed E-state index contributed by atoms with van der Waals surface area (Å²) in [4.78, 5) is 0. The van der Waals surface area contributed by atoms with Gasteiger partial charge in [-0.3, -0.25) is 0 Å². The first-order valence-corrected chi connectivity index (χ1v) is 6.67. The van der Waals surface area contributed by atoms with Gasteiger partial charge in [0.25, 0.3) is 0 Å². The van der Waals surface area contributed by atoms with Gasteiger partial charge in [-0.1, -0.05) is 16.8 Å². The van der Waals surface area contributed by atoms with Crippen LogP contribution in [0.3, 0.4) is 0 Å². The molecule has 0 unspecified atom stereocenters. The maximum Gasteiger partial charge on any atom is 0.141 e. The predicted molar refractivity (Wildman–Crippen MR) is 70.8 cm³/mol. The van der Waals surface area contributed by atoms with Gasteiger partial charge < -0.3 is 5.32 Å². The minimum atomic E-state index is -0.433. The van der Waals surface area contributed by atoms with E-state index >= 15 is 0 Å². The summed E-state index contributed by atoms with van der Waals surface area (Å²) in [6.45, 7) is 1.74. The molecule has 1 fully saturated rings. The molecule has 2 aromatic rings. The van der Waals surface area contributed by atoms with Gasteiger partial charge in [-0.05, 0) is 43.5 Å². The van der Waals surface area contributed by atoms with Crippen molar-refractivity contribution in [3.63, 3.8) is 0 Å². The van der Waals surface area contributed by atoms with E-state index in [1.165, 1.54) is 25.0 Å². The zero-order valence-corrected chi connectivity index (χ0v) is 11.1.